The number of carbonyl (C=O) groups is 2. The molecule has 0 fully saturated rings. The summed E-state index contributed by atoms with van der Waals surface area (Å²) in [7, 11) is 0. The summed E-state index contributed by atoms with van der Waals surface area (Å²) in [5.41, 5.74) is 5.34. The zero-order valence-electron chi connectivity index (χ0n) is 16.1. The monoisotopic (exact) mass is 465 g/mol. The van der Waals surface area contributed by atoms with Gasteiger partial charge in [0.2, 0.25) is 0 Å². The Labute approximate surface area is 183 Å². The summed E-state index contributed by atoms with van der Waals surface area (Å²) in [6.07, 6.45) is -0.640. The third kappa shape index (κ3) is 4.24. The number of carboxylic acids is 1. The van der Waals surface area contributed by atoms with E-state index in [-0.39, 0.29) is 19.1 Å². The van der Waals surface area contributed by atoms with Crippen LogP contribution in [0.3, 0.4) is 0 Å². The number of aliphatic carboxylic acids is 1. The van der Waals surface area contributed by atoms with Crippen molar-refractivity contribution in [3.63, 3.8) is 0 Å². The second kappa shape index (κ2) is 8.71. The molecule has 0 heterocycles. The topological polar surface area (TPSA) is 66.8 Å². The Hall–Kier alpha value is -3.12. The Balaban J connectivity index is 1.51. The number of fused-ring (bicyclic) bond motifs is 3. The van der Waals surface area contributed by atoms with E-state index in [1.54, 1.807) is 0 Å². The molecule has 0 unspecified atom stereocenters. The lowest BCUT2D eigenvalue weighted by Gasteiger charge is -2.22. The number of hydrogen-bond acceptors (Lipinski definition) is 3. The summed E-state index contributed by atoms with van der Waals surface area (Å²) in [5.74, 6) is -1.16. The van der Waals surface area contributed by atoms with E-state index < -0.39 is 18.6 Å². The Morgan fingerprint density at radius 2 is 1.57 bits per heavy atom. The van der Waals surface area contributed by atoms with Crippen molar-refractivity contribution in [2.45, 2.75) is 12.5 Å². The maximum absolute atomic E-state index is 12.8. The first kappa shape index (κ1) is 20.2. The van der Waals surface area contributed by atoms with Crippen molar-refractivity contribution in [2.75, 3.05) is 13.2 Å². The van der Waals surface area contributed by atoms with E-state index in [0.717, 1.165) is 32.3 Å². The number of halogens is 1. The van der Waals surface area contributed by atoms with Gasteiger partial charge in [-0.05, 0) is 39.9 Å². The molecule has 1 aliphatic carbocycles. The van der Waals surface area contributed by atoms with Gasteiger partial charge in [-0.1, -0.05) is 76.6 Å². The average Bonchev–Trinajstić information content (AvgIpc) is 3.05. The van der Waals surface area contributed by atoms with Gasteiger partial charge < -0.3 is 9.84 Å². The van der Waals surface area contributed by atoms with Crippen molar-refractivity contribution in [3.8, 4) is 11.1 Å². The van der Waals surface area contributed by atoms with E-state index in [0.29, 0.717) is 0 Å². The Kier molecular flexibility index (Phi) is 5.86. The maximum Gasteiger partial charge on any atom is 0.410 e. The fourth-order valence-corrected chi connectivity index (χ4v) is 4.34. The smallest absolute Gasteiger partial charge is 0.410 e. The molecule has 5 nitrogen and oxygen atoms in total. The van der Waals surface area contributed by atoms with E-state index >= 15 is 0 Å². The molecule has 0 bridgehead atoms. The molecular formula is C24H20BrNO4. The Morgan fingerprint density at radius 1 is 0.933 bits per heavy atom. The van der Waals surface area contributed by atoms with Crippen LogP contribution in [-0.4, -0.2) is 35.2 Å². The van der Waals surface area contributed by atoms with Gasteiger partial charge in [0.05, 0.1) is 0 Å². The molecule has 0 atom stereocenters. The molecule has 1 amide bonds. The Bertz CT molecular complexity index is 1050. The molecule has 0 spiro atoms. The van der Waals surface area contributed by atoms with E-state index in [1.165, 1.54) is 4.90 Å². The van der Waals surface area contributed by atoms with Crippen LogP contribution in [0.2, 0.25) is 0 Å². The molecule has 1 aliphatic rings. The van der Waals surface area contributed by atoms with Gasteiger partial charge >= 0.3 is 12.1 Å². The normalized spacial score (nSPS) is 12.2. The highest BCUT2D eigenvalue weighted by molar-refractivity contribution is 9.10. The predicted octanol–water partition coefficient (Wildman–Crippen LogP) is 5.28. The molecule has 0 aliphatic heterocycles. The number of benzene rings is 3. The lowest BCUT2D eigenvalue weighted by atomic mass is 9.98. The molecule has 6 heteroatoms. The fourth-order valence-electron chi connectivity index (χ4n) is 3.89. The zero-order valence-corrected chi connectivity index (χ0v) is 17.7. The van der Waals surface area contributed by atoms with Gasteiger partial charge in [0.1, 0.15) is 13.2 Å². The predicted molar refractivity (Wildman–Crippen MR) is 117 cm³/mol. The summed E-state index contributed by atoms with van der Waals surface area (Å²) in [4.78, 5) is 25.3. The molecule has 0 aromatic heterocycles. The molecule has 0 saturated carbocycles. The van der Waals surface area contributed by atoms with Crippen molar-refractivity contribution in [2.24, 2.45) is 0 Å². The summed E-state index contributed by atoms with van der Waals surface area (Å²) in [5, 5.41) is 9.25. The number of hydrogen-bond donors (Lipinski definition) is 1. The van der Waals surface area contributed by atoms with Gasteiger partial charge in [-0.3, -0.25) is 9.69 Å². The van der Waals surface area contributed by atoms with E-state index in [1.807, 2.05) is 60.7 Å². The summed E-state index contributed by atoms with van der Waals surface area (Å²) >= 11 is 3.40. The molecule has 152 valence electrons. The van der Waals surface area contributed by atoms with Crippen LogP contribution in [0.25, 0.3) is 11.1 Å². The fraction of sp³-hybridized carbons (Fsp3) is 0.167. The molecular weight excluding hydrogens is 446 g/mol. The van der Waals surface area contributed by atoms with E-state index in [2.05, 4.69) is 28.1 Å². The van der Waals surface area contributed by atoms with Crippen molar-refractivity contribution in [3.05, 3.63) is 94.0 Å². The van der Waals surface area contributed by atoms with Crippen molar-refractivity contribution in [1.82, 2.24) is 4.90 Å². The van der Waals surface area contributed by atoms with Gasteiger partial charge in [-0.25, -0.2) is 4.79 Å². The van der Waals surface area contributed by atoms with Crippen LogP contribution >= 0.6 is 15.9 Å². The minimum absolute atomic E-state index is 0.0705. The number of carbonyl (C=O) groups excluding carboxylic acids is 1. The van der Waals surface area contributed by atoms with Crippen LogP contribution in [0.15, 0.2) is 77.3 Å². The molecule has 3 aromatic rings. The van der Waals surface area contributed by atoms with Crippen molar-refractivity contribution in [1.29, 1.82) is 0 Å². The second-order valence-corrected chi connectivity index (χ2v) is 8.10. The van der Waals surface area contributed by atoms with Gasteiger partial charge in [0.15, 0.2) is 0 Å². The highest BCUT2D eigenvalue weighted by Gasteiger charge is 2.30. The van der Waals surface area contributed by atoms with Gasteiger partial charge in [0, 0.05) is 16.9 Å². The van der Waals surface area contributed by atoms with E-state index in [9.17, 15) is 14.7 Å². The molecule has 4 rings (SSSR count). The minimum Gasteiger partial charge on any atom is -0.480 e. The van der Waals surface area contributed by atoms with Crippen LogP contribution in [0, 0.1) is 0 Å². The number of amides is 1. The first-order chi connectivity index (χ1) is 14.5. The second-order valence-electron chi connectivity index (χ2n) is 7.18. The van der Waals surface area contributed by atoms with Gasteiger partial charge in [-0.15, -0.1) is 0 Å². The Morgan fingerprint density at radius 3 is 2.17 bits per heavy atom. The van der Waals surface area contributed by atoms with Crippen LogP contribution < -0.4 is 0 Å². The molecule has 30 heavy (non-hydrogen) atoms. The highest BCUT2D eigenvalue weighted by atomic mass is 79.9. The van der Waals surface area contributed by atoms with Crippen LogP contribution in [-0.2, 0) is 16.1 Å². The standard InChI is InChI=1S/C24H20BrNO4/c25-17-7-5-6-16(12-17)13-26(14-23(27)28)24(29)30-15-22-20-10-3-1-8-18(20)19-9-2-4-11-21(19)22/h1-12,22H,13-15H2,(H,27,28). The number of ether oxygens (including phenoxy) is 1. The number of carboxylic acid groups (broad SMARTS) is 1. The largest absolute Gasteiger partial charge is 0.480 e. The zero-order chi connectivity index (χ0) is 21.1. The molecule has 1 N–H and O–H groups in total. The SMILES string of the molecule is O=C(O)CN(Cc1cccc(Br)c1)C(=O)OCC1c2ccccc2-c2ccccc21. The average molecular weight is 466 g/mol. The van der Waals surface area contributed by atoms with E-state index in [4.69, 9.17) is 4.74 Å². The summed E-state index contributed by atoms with van der Waals surface area (Å²) < 4.78 is 6.48. The summed E-state index contributed by atoms with van der Waals surface area (Å²) in [6.45, 7) is -0.118. The maximum atomic E-state index is 12.8. The summed E-state index contributed by atoms with van der Waals surface area (Å²) in [6, 6.07) is 23.6. The van der Waals surface area contributed by atoms with Gasteiger partial charge in [-0.2, -0.15) is 0 Å². The first-order valence-electron chi connectivity index (χ1n) is 9.59. The van der Waals surface area contributed by atoms with Gasteiger partial charge in [0.25, 0.3) is 0 Å². The van der Waals surface area contributed by atoms with Crippen molar-refractivity contribution < 1.29 is 19.4 Å². The number of rotatable bonds is 6. The lowest BCUT2D eigenvalue weighted by Crippen LogP contribution is -2.36. The third-order valence-electron chi connectivity index (χ3n) is 5.18. The van der Waals surface area contributed by atoms with Crippen LogP contribution in [0.4, 0.5) is 4.79 Å². The quantitative estimate of drug-likeness (QED) is 0.537. The molecule has 3 aromatic carbocycles. The van der Waals surface area contributed by atoms with Crippen molar-refractivity contribution >= 4 is 28.0 Å². The minimum atomic E-state index is -1.08. The highest BCUT2D eigenvalue weighted by Crippen LogP contribution is 2.44. The van der Waals surface area contributed by atoms with Crippen LogP contribution in [0.1, 0.15) is 22.6 Å². The van der Waals surface area contributed by atoms with Crippen LogP contribution in [0.5, 0.6) is 0 Å². The lowest BCUT2D eigenvalue weighted by molar-refractivity contribution is -0.138. The molecule has 0 saturated heterocycles. The molecule has 0 radical (unpaired) electrons. The number of nitrogens with zero attached hydrogens (tertiary/aromatic N) is 1. The first-order valence-corrected chi connectivity index (χ1v) is 10.4. The third-order valence-corrected chi connectivity index (χ3v) is 5.68.